The molecule has 25 heavy (non-hydrogen) atoms. The first-order chi connectivity index (χ1) is 11.7. The van der Waals surface area contributed by atoms with Gasteiger partial charge in [0.05, 0.1) is 5.41 Å². The maximum atomic E-state index is 13.3. The lowest BCUT2D eigenvalue weighted by Crippen LogP contribution is -2.57. The lowest BCUT2D eigenvalue weighted by atomic mass is 9.61. The normalized spacial score (nSPS) is 17.4. The van der Waals surface area contributed by atoms with Crippen LogP contribution in [0.25, 0.3) is 0 Å². The second-order valence-electron chi connectivity index (χ2n) is 6.20. The molecule has 0 atom stereocenters. The summed E-state index contributed by atoms with van der Waals surface area (Å²) in [7, 11) is 0. The van der Waals surface area contributed by atoms with Gasteiger partial charge in [-0.15, -0.1) is 0 Å². The van der Waals surface area contributed by atoms with Gasteiger partial charge in [-0.2, -0.15) is 0 Å². The van der Waals surface area contributed by atoms with E-state index in [4.69, 9.17) is 17.3 Å². The molecule has 0 aromatic heterocycles. The summed E-state index contributed by atoms with van der Waals surface area (Å²) in [5.74, 6) is -4.00. The highest BCUT2D eigenvalue weighted by Crippen LogP contribution is 2.53. The van der Waals surface area contributed by atoms with Crippen LogP contribution in [0.1, 0.15) is 28.8 Å². The highest BCUT2D eigenvalue weighted by Gasteiger charge is 2.60. The quantitative estimate of drug-likeness (QED) is 0.867. The van der Waals surface area contributed by atoms with E-state index in [2.05, 4.69) is 5.32 Å². The number of rotatable bonds is 4. The standard InChI is InChI=1S/C18H15ClF2N2O2/c19-13-3-1-2-11(8-13)15(24)23-14-6-4-12(5-7-14)17(16(22)25)9-18(20,21)10-17/h1-8H,9-10H2,(H2,22,25)(H,23,24). The lowest BCUT2D eigenvalue weighted by Gasteiger charge is -2.45. The average molecular weight is 365 g/mol. The minimum atomic E-state index is -2.88. The van der Waals surface area contributed by atoms with Gasteiger partial charge in [-0.05, 0) is 35.9 Å². The van der Waals surface area contributed by atoms with E-state index in [0.717, 1.165) is 0 Å². The monoisotopic (exact) mass is 364 g/mol. The number of nitrogens with one attached hydrogen (secondary N) is 1. The Balaban J connectivity index is 1.76. The molecule has 1 saturated carbocycles. The van der Waals surface area contributed by atoms with Gasteiger partial charge in [0.2, 0.25) is 5.91 Å². The molecule has 0 unspecified atom stereocenters. The SMILES string of the molecule is NC(=O)C1(c2ccc(NC(=O)c3cccc(Cl)c3)cc2)CC(F)(F)C1. The van der Waals surface area contributed by atoms with Crippen molar-refractivity contribution in [2.24, 2.45) is 5.73 Å². The molecule has 1 aliphatic carbocycles. The van der Waals surface area contributed by atoms with Crippen LogP contribution >= 0.6 is 11.6 Å². The summed E-state index contributed by atoms with van der Waals surface area (Å²) in [6, 6.07) is 12.6. The van der Waals surface area contributed by atoms with Gasteiger partial charge in [-0.1, -0.05) is 29.8 Å². The zero-order valence-electron chi connectivity index (χ0n) is 13.1. The number of alkyl halides is 2. The van der Waals surface area contributed by atoms with Crippen molar-refractivity contribution in [3.63, 3.8) is 0 Å². The number of benzene rings is 2. The van der Waals surface area contributed by atoms with E-state index in [9.17, 15) is 18.4 Å². The van der Waals surface area contributed by atoms with Gasteiger partial charge in [0, 0.05) is 29.1 Å². The third-order valence-electron chi connectivity index (χ3n) is 4.37. The van der Waals surface area contributed by atoms with Gasteiger partial charge in [0.15, 0.2) is 0 Å². The largest absolute Gasteiger partial charge is 0.369 e. The van der Waals surface area contributed by atoms with Gasteiger partial charge in [-0.25, -0.2) is 8.78 Å². The summed E-state index contributed by atoms with van der Waals surface area (Å²) in [6.07, 6.45) is -1.19. The van der Waals surface area contributed by atoms with Crippen molar-refractivity contribution < 1.29 is 18.4 Å². The van der Waals surface area contributed by atoms with Crippen molar-refractivity contribution in [1.29, 1.82) is 0 Å². The summed E-state index contributed by atoms with van der Waals surface area (Å²) in [6.45, 7) is 0. The molecule has 0 spiro atoms. The zero-order valence-corrected chi connectivity index (χ0v) is 13.8. The van der Waals surface area contributed by atoms with Crippen LogP contribution in [0.3, 0.4) is 0 Å². The number of hydrogen-bond acceptors (Lipinski definition) is 2. The highest BCUT2D eigenvalue weighted by atomic mass is 35.5. The zero-order chi connectivity index (χ0) is 18.2. The fourth-order valence-corrected chi connectivity index (χ4v) is 3.25. The van der Waals surface area contributed by atoms with Crippen molar-refractivity contribution in [2.45, 2.75) is 24.2 Å². The Kier molecular flexibility index (Phi) is 4.24. The van der Waals surface area contributed by atoms with E-state index in [-0.39, 0.29) is 5.91 Å². The summed E-state index contributed by atoms with van der Waals surface area (Å²) in [4.78, 5) is 23.8. The number of carbonyl (C=O) groups is 2. The Hall–Kier alpha value is -2.47. The number of amides is 2. The van der Waals surface area contributed by atoms with Crippen LogP contribution in [0.5, 0.6) is 0 Å². The number of nitrogens with two attached hydrogens (primary N) is 1. The van der Waals surface area contributed by atoms with E-state index in [1.807, 2.05) is 0 Å². The van der Waals surface area contributed by atoms with E-state index < -0.39 is 30.1 Å². The fourth-order valence-electron chi connectivity index (χ4n) is 3.06. The molecule has 2 aromatic rings. The lowest BCUT2D eigenvalue weighted by molar-refractivity contribution is -0.156. The van der Waals surface area contributed by atoms with Gasteiger partial charge >= 0.3 is 0 Å². The number of anilines is 1. The Morgan fingerprint density at radius 1 is 1.08 bits per heavy atom. The van der Waals surface area contributed by atoms with Crippen LogP contribution in [0.4, 0.5) is 14.5 Å². The van der Waals surface area contributed by atoms with E-state index in [1.54, 1.807) is 30.3 Å². The van der Waals surface area contributed by atoms with Crippen LogP contribution in [0.2, 0.25) is 5.02 Å². The summed E-state index contributed by atoms with van der Waals surface area (Å²) < 4.78 is 26.6. The molecule has 7 heteroatoms. The Bertz CT molecular complexity index is 829. The number of carbonyl (C=O) groups excluding carboxylic acids is 2. The third-order valence-corrected chi connectivity index (χ3v) is 4.61. The maximum Gasteiger partial charge on any atom is 0.255 e. The molecule has 0 saturated heterocycles. The average Bonchev–Trinajstić information content (AvgIpc) is 2.52. The molecule has 0 bridgehead atoms. The molecule has 0 radical (unpaired) electrons. The van der Waals surface area contributed by atoms with E-state index in [0.29, 0.717) is 21.8 Å². The number of hydrogen-bond donors (Lipinski definition) is 2. The van der Waals surface area contributed by atoms with Crippen molar-refractivity contribution in [2.75, 3.05) is 5.32 Å². The molecule has 1 fully saturated rings. The first-order valence-corrected chi connectivity index (χ1v) is 7.95. The number of halogens is 3. The van der Waals surface area contributed by atoms with Crippen LogP contribution in [0, 0.1) is 0 Å². The van der Waals surface area contributed by atoms with Gasteiger partial charge < -0.3 is 11.1 Å². The van der Waals surface area contributed by atoms with Crippen LogP contribution in [-0.2, 0) is 10.2 Å². The predicted molar refractivity (Wildman–Crippen MR) is 90.9 cm³/mol. The fraction of sp³-hybridized carbons (Fsp3) is 0.222. The second kappa shape index (κ2) is 6.11. The molecule has 4 nitrogen and oxygen atoms in total. The maximum absolute atomic E-state index is 13.3. The molecule has 1 aliphatic rings. The summed E-state index contributed by atoms with van der Waals surface area (Å²) >= 11 is 5.85. The second-order valence-corrected chi connectivity index (χ2v) is 6.63. The van der Waals surface area contributed by atoms with Crippen LogP contribution in [0.15, 0.2) is 48.5 Å². The Labute approximate surface area is 148 Å². The van der Waals surface area contributed by atoms with Gasteiger partial charge in [0.25, 0.3) is 11.8 Å². The Morgan fingerprint density at radius 2 is 1.72 bits per heavy atom. The summed E-state index contributed by atoms with van der Waals surface area (Å²) in [5, 5.41) is 3.13. The van der Waals surface area contributed by atoms with E-state index >= 15 is 0 Å². The summed E-state index contributed by atoms with van der Waals surface area (Å²) in [5.41, 5.74) is 5.28. The highest BCUT2D eigenvalue weighted by molar-refractivity contribution is 6.31. The van der Waals surface area contributed by atoms with Crippen molar-refractivity contribution in [3.8, 4) is 0 Å². The molecular weight excluding hydrogens is 350 g/mol. The molecule has 130 valence electrons. The molecule has 0 aliphatic heterocycles. The smallest absolute Gasteiger partial charge is 0.255 e. The van der Waals surface area contributed by atoms with E-state index in [1.165, 1.54) is 18.2 Å². The molecule has 3 rings (SSSR count). The third kappa shape index (κ3) is 3.35. The predicted octanol–water partition coefficient (Wildman–Crippen LogP) is 3.74. The van der Waals surface area contributed by atoms with Crippen LogP contribution < -0.4 is 11.1 Å². The number of primary amides is 1. The van der Waals surface area contributed by atoms with Crippen LogP contribution in [-0.4, -0.2) is 17.7 Å². The minimum absolute atomic E-state index is 0.352. The van der Waals surface area contributed by atoms with Gasteiger partial charge in [0.1, 0.15) is 0 Å². The minimum Gasteiger partial charge on any atom is -0.369 e. The van der Waals surface area contributed by atoms with Crippen molar-refractivity contribution in [3.05, 3.63) is 64.7 Å². The van der Waals surface area contributed by atoms with Crippen molar-refractivity contribution in [1.82, 2.24) is 0 Å². The van der Waals surface area contributed by atoms with Gasteiger partial charge in [-0.3, -0.25) is 9.59 Å². The first kappa shape index (κ1) is 17.4. The first-order valence-electron chi connectivity index (χ1n) is 7.57. The molecule has 0 heterocycles. The van der Waals surface area contributed by atoms with Crippen molar-refractivity contribution >= 4 is 29.1 Å². The topological polar surface area (TPSA) is 72.2 Å². The molecule has 2 aromatic carbocycles. The molecule has 3 N–H and O–H groups in total. The molecular formula is C18H15ClF2N2O2. The molecule has 2 amide bonds. The Morgan fingerprint density at radius 3 is 2.24 bits per heavy atom.